The molecule has 38 heavy (non-hydrogen) atoms. The van der Waals surface area contributed by atoms with Crippen LogP contribution in [0.3, 0.4) is 0 Å². The number of nitrogens with zero attached hydrogens (tertiary/aromatic N) is 3. The molecule has 0 spiro atoms. The standard InChI is InChI=1S/C28H44N4O5S/c1-17(34)31-9-11-32(12-10-31)23(37)13-18-24-19(38-25(30-24)29-22(36)15-26(2,3)4)14-20-27(18,5)8-7-21(35)28(20,6)16-33/h18,20-21,33,35H,7-16H2,1-6H3,(H,29,30,36). The maximum atomic E-state index is 13.6. The molecule has 0 bridgehead atoms. The predicted octanol–water partition coefficient (Wildman–Crippen LogP) is 3.01. The van der Waals surface area contributed by atoms with E-state index in [1.54, 1.807) is 11.8 Å². The van der Waals surface area contributed by atoms with Gasteiger partial charge in [0.15, 0.2) is 5.13 Å². The summed E-state index contributed by atoms with van der Waals surface area (Å²) in [7, 11) is 0. The van der Waals surface area contributed by atoms with E-state index >= 15 is 0 Å². The molecule has 3 N–H and O–H groups in total. The Kier molecular flexibility index (Phi) is 8.00. The van der Waals surface area contributed by atoms with Gasteiger partial charge in [-0.1, -0.05) is 34.6 Å². The van der Waals surface area contributed by atoms with Crippen molar-refractivity contribution in [3.8, 4) is 0 Å². The first-order valence-electron chi connectivity index (χ1n) is 13.8. The number of carbonyl (C=O) groups excluding carboxylic acids is 3. The lowest BCUT2D eigenvalue weighted by Gasteiger charge is -2.58. The Balaban J connectivity index is 1.65. The third kappa shape index (κ3) is 5.49. The van der Waals surface area contributed by atoms with Crippen LogP contribution in [0.5, 0.6) is 0 Å². The van der Waals surface area contributed by atoms with Crippen molar-refractivity contribution >= 4 is 34.2 Å². The molecule has 10 heteroatoms. The van der Waals surface area contributed by atoms with E-state index in [0.717, 1.165) is 17.0 Å². The van der Waals surface area contributed by atoms with E-state index in [1.807, 2.05) is 32.6 Å². The topological polar surface area (TPSA) is 123 Å². The average Bonchev–Trinajstić information content (AvgIpc) is 3.23. The van der Waals surface area contributed by atoms with Gasteiger partial charge in [-0.05, 0) is 36.0 Å². The Morgan fingerprint density at radius 3 is 2.34 bits per heavy atom. The first kappa shape index (κ1) is 29.0. The van der Waals surface area contributed by atoms with Crippen molar-refractivity contribution in [3.63, 3.8) is 0 Å². The van der Waals surface area contributed by atoms with Crippen LogP contribution >= 0.6 is 11.3 Å². The molecule has 4 rings (SSSR count). The van der Waals surface area contributed by atoms with Crippen LogP contribution in [0.4, 0.5) is 5.13 Å². The number of aliphatic hydroxyl groups is 2. The second-order valence-electron chi connectivity index (χ2n) is 13.2. The van der Waals surface area contributed by atoms with Gasteiger partial charge in [0.1, 0.15) is 0 Å². The molecule has 9 nitrogen and oxygen atoms in total. The highest BCUT2D eigenvalue weighted by molar-refractivity contribution is 7.15. The van der Waals surface area contributed by atoms with Gasteiger partial charge in [-0.25, -0.2) is 4.98 Å². The van der Waals surface area contributed by atoms with Crippen LogP contribution in [-0.4, -0.2) is 81.6 Å². The summed E-state index contributed by atoms with van der Waals surface area (Å²) < 4.78 is 0. The number of aromatic nitrogens is 1. The van der Waals surface area contributed by atoms with Gasteiger partial charge in [-0.3, -0.25) is 14.4 Å². The molecule has 2 aliphatic carbocycles. The van der Waals surface area contributed by atoms with Crippen LogP contribution in [0.25, 0.3) is 0 Å². The normalized spacial score (nSPS) is 31.4. The fraction of sp³-hybridized carbons (Fsp3) is 0.786. The molecule has 2 fully saturated rings. The van der Waals surface area contributed by atoms with Crippen LogP contribution in [0.1, 0.15) is 83.7 Å². The maximum absolute atomic E-state index is 13.6. The molecule has 2 heterocycles. The molecule has 1 saturated heterocycles. The van der Waals surface area contributed by atoms with Crippen LogP contribution in [0, 0.1) is 22.2 Å². The number of hydrogen-bond acceptors (Lipinski definition) is 7. The molecule has 1 aromatic heterocycles. The summed E-state index contributed by atoms with van der Waals surface area (Å²) in [5, 5.41) is 25.0. The molecule has 5 unspecified atom stereocenters. The van der Waals surface area contributed by atoms with E-state index in [1.165, 1.54) is 11.3 Å². The van der Waals surface area contributed by atoms with Crippen molar-refractivity contribution in [2.45, 2.75) is 85.7 Å². The van der Waals surface area contributed by atoms with Crippen LogP contribution < -0.4 is 5.32 Å². The largest absolute Gasteiger partial charge is 0.396 e. The van der Waals surface area contributed by atoms with Gasteiger partial charge in [0.05, 0.1) is 18.4 Å². The first-order valence-corrected chi connectivity index (χ1v) is 14.6. The Morgan fingerprint density at radius 2 is 1.76 bits per heavy atom. The summed E-state index contributed by atoms with van der Waals surface area (Å²) in [5.74, 6) is -0.260. The predicted molar refractivity (Wildman–Crippen MR) is 147 cm³/mol. The highest BCUT2D eigenvalue weighted by Gasteiger charge is 2.59. The number of fused-ring (bicyclic) bond motifs is 2. The highest BCUT2D eigenvalue weighted by atomic mass is 32.1. The van der Waals surface area contributed by atoms with Gasteiger partial charge in [0.25, 0.3) is 0 Å². The third-order valence-electron chi connectivity index (χ3n) is 9.29. The number of thiazole rings is 1. The third-order valence-corrected chi connectivity index (χ3v) is 10.3. The van der Waals surface area contributed by atoms with Crippen molar-refractivity contribution in [1.82, 2.24) is 14.8 Å². The van der Waals surface area contributed by atoms with Gasteiger partial charge < -0.3 is 25.3 Å². The smallest absolute Gasteiger partial charge is 0.226 e. The molecule has 1 saturated carbocycles. The number of anilines is 1. The van der Waals surface area contributed by atoms with Crippen molar-refractivity contribution in [1.29, 1.82) is 0 Å². The highest BCUT2D eigenvalue weighted by Crippen LogP contribution is 2.63. The van der Waals surface area contributed by atoms with E-state index in [4.69, 9.17) is 4.98 Å². The number of rotatable bonds is 5. The maximum Gasteiger partial charge on any atom is 0.226 e. The molecular formula is C28H44N4O5S. The van der Waals surface area contributed by atoms with Crippen LogP contribution in [-0.2, 0) is 20.8 Å². The Labute approximate surface area is 230 Å². The molecular weight excluding hydrogens is 504 g/mol. The summed E-state index contributed by atoms with van der Waals surface area (Å²) in [5.41, 5.74) is -0.323. The van der Waals surface area contributed by atoms with Crippen LogP contribution in [0.2, 0.25) is 0 Å². The summed E-state index contributed by atoms with van der Waals surface area (Å²) in [6, 6.07) is 0. The summed E-state index contributed by atoms with van der Waals surface area (Å²) >= 11 is 1.45. The first-order chi connectivity index (χ1) is 17.7. The molecule has 212 valence electrons. The monoisotopic (exact) mass is 548 g/mol. The number of amides is 3. The molecule has 1 aromatic rings. The Morgan fingerprint density at radius 1 is 1.13 bits per heavy atom. The van der Waals surface area contributed by atoms with E-state index in [-0.39, 0.29) is 53.4 Å². The zero-order valence-corrected chi connectivity index (χ0v) is 24.5. The number of nitrogens with one attached hydrogen (secondary N) is 1. The van der Waals surface area contributed by atoms with Crippen LogP contribution in [0.15, 0.2) is 0 Å². The van der Waals surface area contributed by atoms with E-state index in [2.05, 4.69) is 12.2 Å². The minimum Gasteiger partial charge on any atom is -0.396 e. The second-order valence-corrected chi connectivity index (χ2v) is 14.3. The van der Waals surface area contributed by atoms with E-state index < -0.39 is 11.5 Å². The summed E-state index contributed by atoms with van der Waals surface area (Å²) in [6.07, 6.45) is 1.96. The number of carbonyl (C=O) groups is 3. The SMILES string of the molecule is CC(=O)N1CCN(C(=O)CC2c3nc(NC(=O)CC(C)(C)C)sc3CC3C(C)(CO)C(O)CCC23C)CC1. The van der Waals surface area contributed by atoms with E-state index in [0.29, 0.717) is 50.6 Å². The molecule has 3 aliphatic rings. The van der Waals surface area contributed by atoms with Crippen molar-refractivity contribution in [3.05, 3.63) is 10.6 Å². The lowest BCUT2D eigenvalue weighted by Crippen LogP contribution is -2.58. The van der Waals surface area contributed by atoms with Crippen molar-refractivity contribution in [2.75, 3.05) is 38.1 Å². The molecule has 1 aliphatic heterocycles. The Bertz CT molecular complexity index is 1080. The van der Waals surface area contributed by atoms with E-state index in [9.17, 15) is 24.6 Å². The summed E-state index contributed by atoms with van der Waals surface area (Å²) in [4.78, 5) is 47.6. The van der Waals surface area contributed by atoms with Gasteiger partial charge in [-0.2, -0.15) is 0 Å². The lowest BCUT2D eigenvalue weighted by atomic mass is 9.47. The minimum atomic E-state index is -0.696. The van der Waals surface area contributed by atoms with Gasteiger partial charge >= 0.3 is 0 Å². The molecule has 5 atom stereocenters. The zero-order valence-electron chi connectivity index (χ0n) is 23.7. The van der Waals surface area contributed by atoms with Gasteiger partial charge in [0, 0.05) is 62.2 Å². The Hall–Kier alpha value is -2.04. The van der Waals surface area contributed by atoms with Crippen molar-refractivity contribution in [2.24, 2.45) is 22.2 Å². The molecule has 3 amide bonds. The molecule has 0 radical (unpaired) electrons. The lowest BCUT2D eigenvalue weighted by molar-refractivity contribution is -0.149. The zero-order chi connectivity index (χ0) is 28.0. The number of aliphatic hydroxyl groups excluding tert-OH is 2. The average molecular weight is 549 g/mol. The van der Waals surface area contributed by atoms with Crippen molar-refractivity contribution < 1.29 is 24.6 Å². The number of piperazine rings is 1. The minimum absolute atomic E-state index is 0.0249. The second kappa shape index (κ2) is 10.5. The number of hydrogen-bond donors (Lipinski definition) is 3. The van der Waals surface area contributed by atoms with Gasteiger partial charge in [-0.15, -0.1) is 11.3 Å². The fourth-order valence-corrected chi connectivity index (χ4v) is 8.00. The fourth-order valence-electron chi connectivity index (χ4n) is 6.92. The van der Waals surface area contributed by atoms with Gasteiger partial charge in [0.2, 0.25) is 17.7 Å². The summed E-state index contributed by atoms with van der Waals surface area (Å²) in [6.45, 7) is 13.7. The quantitative estimate of drug-likeness (QED) is 0.520. The molecule has 0 aromatic carbocycles.